The first-order valence-electron chi connectivity index (χ1n) is 9.06. The van der Waals surface area contributed by atoms with Gasteiger partial charge < -0.3 is 5.11 Å². The minimum atomic E-state index is -0.766. The highest BCUT2D eigenvalue weighted by atomic mass is 35.5. The summed E-state index contributed by atoms with van der Waals surface area (Å²) < 4.78 is 0. The molecule has 1 aromatic carbocycles. The summed E-state index contributed by atoms with van der Waals surface area (Å²) in [5, 5.41) is 21.9. The Kier molecular flexibility index (Phi) is 6.40. The van der Waals surface area contributed by atoms with Crippen molar-refractivity contribution < 1.29 is 14.8 Å². The number of allylic oxidation sites excluding steroid dienone is 1. The summed E-state index contributed by atoms with van der Waals surface area (Å²) in [7, 11) is 0. The van der Waals surface area contributed by atoms with E-state index in [1.54, 1.807) is 18.2 Å². The van der Waals surface area contributed by atoms with E-state index in [1.165, 1.54) is 0 Å². The molecule has 146 valence electrons. The Bertz CT molecular complexity index is 768. The van der Waals surface area contributed by atoms with E-state index in [0.29, 0.717) is 42.4 Å². The lowest BCUT2D eigenvalue weighted by Crippen LogP contribution is -2.41. The van der Waals surface area contributed by atoms with Crippen molar-refractivity contribution in [2.24, 2.45) is 5.92 Å². The third-order valence-corrected chi connectivity index (χ3v) is 6.07. The topological polar surface area (TPSA) is 83.7 Å². The van der Waals surface area contributed by atoms with E-state index in [9.17, 15) is 20.0 Å². The highest BCUT2D eigenvalue weighted by molar-refractivity contribution is 6.35. The van der Waals surface area contributed by atoms with Gasteiger partial charge in [-0.2, -0.15) is 0 Å². The summed E-state index contributed by atoms with van der Waals surface area (Å²) in [6.07, 6.45) is 4.48. The lowest BCUT2D eigenvalue weighted by atomic mass is 9.80. The van der Waals surface area contributed by atoms with Crippen molar-refractivity contribution >= 4 is 29.2 Å². The second-order valence-electron chi connectivity index (χ2n) is 7.34. The van der Waals surface area contributed by atoms with Crippen molar-refractivity contribution in [3.63, 3.8) is 0 Å². The van der Waals surface area contributed by atoms with E-state index in [2.05, 4.69) is 11.0 Å². The number of hydrogen-bond donors (Lipinski definition) is 1. The fourth-order valence-corrected chi connectivity index (χ4v) is 4.67. The quantitative estimate of drug-likeness (QED) is 0.444. The highest BCUT2D eigenvalue weighted by Gasteiger charge is 2.37. The largest absolute Gasteiger partial charge is 0.481 e. The van der Waals surface area contributed by atoms with Crippen LogP contribution in [0, 0.1) is 16.0 Å². The van der Waals surface area contributed by atoms with E-state index in [4.69, 9.17) is 23.2 Å². The van der Waals surface area contributed by atoms with Crippen LogP contribution in [0.1, 0.15) is 37.2 Å². The van der Waals surface area contributed by atoms with Gasteiger partial charge >= 0.3 is 5.97 Å². The van der Waals surface area contributed by atoms with Gasteiger partial charge in [0.25, 0.3) is 0 Å². The number of carbonyl (C=O) groups is 1. The predicted molar refractivity (Wildman–Crippen MR) is 104 cm³/mol. The average molecular weight is 413 g/mol. The van der Waals surface area contributed by atoms with Crippen LogP contribution in [-0.2, 0) is 4.79 Å². The fourth-order valence-electron chi connectivity index (χ4n) is 4.12. The van der Waals surface area contributed by atoms with Gasteiger partial charge in [0.15, 0.2) is 0 Å². The molecule has 3 rings (SSSR count). The molecule has 1 saturated heterocycles. The number of halogens is 2. The van der Waals surface area contributed by atoms with Crippen molar-refractivity contribution in [2.75, 3.05) is 19.6 Å². The van der Waals surface area contributed by atoms with E-state index < -0.39 is 12.0 Å². The Morgan fingerprint density at radius 1 is 1.37 bits per heavy atom. The molecule has 0 radical (unpaired) electrons. The molecule has 0 amide bonds. The van der Waals surface area contributed by atoms with E-state index >= 15 is 0 Å². The van der Waals surface area contributed by atoms with Gasteiger partial charge in [0.1, 0.15) is 0 Å². The predicted octanol–water partition coefficient (Wildman–Crippen LogP) is 4.24. The first-order chi connectivity index (χ1) is 12.8. The molecule has 3 atom stereocenters. The second-order valence-corrected chi connectivity index (χ2v) is 8.18. The number of piperidine rings is 1. The van der Waals surface area contributed by atoms with Crippen molar-refractivity contribution in [1.29, 1.82) is 0 Å². The van der Waals surface area contributed by atoms with E-state index in [1.807, 2.05) is 0 Å². The number of aliphatic carboxylic acids is 1. The summed E-state index contributed by atoms with van der Waals surface area (Å²) in [6, 6.07) is 4.35. The summed E-state index contributed by atoms with van der Waals surface area (Å²) in [4.78, 5) is 24.8. The van der Waals surface area contributed by atoms with Crippen molar-refractivity contribution in [2.45, 2.75) is 37.6 Å². The molecule has 2 aliphatic rings. The van der Waals surface area contributed by atoms with Crippen LogP contribution in [0.5, 0.6) is 0 Å². The molecule has 1 N–H and O–H groups in total. The van der Waals surface area contributed by atoms with Gasteiger partial charge in [-0.3, -0.25) is 19.8 Å². The lowest BCUT2D eigenvalue weighted by Gasteiger charge is -2.33. The molecule has 0 saturated carbocycles. The van der Waals surface area contributed by atoms with Crippen LogP contribution in [0.2, 0.25) is 10.0 Å². The minimum Gasteiger partial charge on any atom is -0.481 e. The maximum atomic E-state index is 11.7. The molecule has 1 aliphatic heterocycles. The van der Waals surface area contributed by atoms with Crippen LogP contribution in [0.3, 0.4) is 0 Å². The Morgan fingerprint density at radius 2 is 2.15 bits per heavy atom. The molecule has 8 heteroatoms. The SMILES string of the molecule is O=C(O)[C@@H]1CCCN(CC2=CC[C@@H](c3ccc(Cl)cc3Cl)[C@H]([N+](=O)[O-])C2)C1. The lowest BCUT2D eigenvalue weighted by molar-refractivity contribution is -0.527. The molecule has 0 spiro atoms. The molecule has 0 unspecified atom stereocenters. The molecule has 1 aromatic rings. The van der Waals surface area contributed by atoms with Crippen LogP contribution in [-0.4, -0.2) is 46.6 Å². The maximum absolute atomic E-state index is 11.7. The molecule has 1 heterocycles. The molecule has 27 heavy (non-hydrogen) atoms. The van der Waals surface area contributed by atoms with Gasteiger partial charge in [0, 0.05) is 34.5 Å². The Labute approximate surface area is 167 Å². The molecule has 1 aliphatic carbocycles. The molecule has 1 fully saturated rings. The molecule has 6 nitrogen and oxygen atoms in total. The molecule has 0 aromatic heterocycles. The third-order valence-electron chi connectivity index (χ3n) is 5.51. The summed E-state index contributed by atoms with van der Waals surface area (Å²) >= 11 is 12.2. The van der Waals surface area contributed by atoms with Crippen LogP contribution >= 0.6 is 23.2 Å². The van der Waals surface area contributed by atoms with Crippen molar-refractivity contribution in [3.8, 4) is 0 Å². The van der Waals surface area contributed by atoms with Crippen LogP contribution < -0.4 is 0 Å². The Balaban J connectivity index is 1.74. The first-order valence-corrected chi connectivity index (χ1v) is 9.82. The minimum absolute atomic E-state index is 0.223. The van der Waals surface area contributed by atoms with Crippen LogP contribution in [0.4, 0.5) is 0 Å². The smallest absolute Gasteiger partial charge is 0.307 e. The monoisotopic (exact) mass is 412 g/mol. The molecule has 0 bridgehead atoms. The standard InChI is InChI=1S/C19H22Cl2N2O4/c20-14-4-6-15(17(21)9-14)16-5-3-12(8-18(16)23(26)27)10-22-7-1-2-13(11-22)19(24)25/h3-4,6,9,13,16,18H,1-2,5,7-8,10-11H2,(H,24,25)/t13-,16+,18-/m1/s1. The number of rotatable bonds is 5. The van der Waals surface area contributed by atoms with Crippen molar-refractivity contribution in [1.82, 2.24) is 4.90 Å². The van der Waals surface area contributed by atoms with E-state index in [0.717, 1.165) is 24.1 Å². The number of carboxylic acid groups (broad SMARTS) is 1. The number of nitrogens with zero attached hydrogens (tertiary/aromatic N) is 2. The van der Waals surface area contributed by atoms with Gasteiger partial charge in [-0.15, -0.1) is 0 Å². The average Bonchev–Trinajstić information content (AvgIpc) is 2.62. The number of benzene rings is 1. The fraction of sp³-hybridized carbons (Fsp3) is 0.526. The number of nitro groups is 1. The summed E-state index contributed by atoms with van der Waals surface area (Å²) in [6.45, 7) is 1.92. The van der Waals surface area contributed by atoms with Gasteiger partial charge in [0.2, 0.25) is 6.04 Å². The first kappa shape index (κ1) is 20.1. The Hall–Kier alpha value is -1.63. The van der Waals surface area contributed by atoms with Gasteiger partial charge in [-0.05, 0) is 43.5 Å². The number of carboxylic acids is 1. The zero-order valence-electron chi connectivity index (χ0n) is 14.8. The molecular formula is C19H22Cl2N2O4. The summed E-state index contributed by atoms with van der Waals surface area (Å²) in [5.41, 5.74) is 1.76. The highest BCUT2D eigenvalue weighted by Crippen LogP contribution is 2.38. The van der Waals surface area contributed by atoms with Crippen molar-refractivity contribution in [3.05, 3.63) is 55.6 Å². The van der Waals surface area contributed by atoms with Crippen LogP contribution in [0.25, 0.3) is 0 Å². The van der Waals surface area contributed by atoms with Gasteiger partial charge in [0.05, 0.1) is 11.8 Å². The zero-order chi connectivity index (χ0) is 19.6. The normalized spacial score (nSPS) is 26.4. The van der Waals surface area contributed by atoms with Gasteiger partial charge in [-0.25, -0.2) is 0 Å². The van der Waals surface area contributed by atoms with Crippen LogP contribution in [0.15, 0.2) is 29.8 Å². The maximum Gasteiger partial charge on any atom is 0.307 e. The molecular weight excluding hydrogens is 391 g/mol. The summed E-state index contributed by atoms with van der Waals surface area (Å²) in [5.74, 6) is -1.41. The number of hydrogen-bond acceptors (Lipinski definition) is 4. The van der Waals surface area contributed by atoms with Gasteiger partial charge in [-0.1, -0.05) is 40.9 Å². The number of likely N-dealkylation sites (tertiary alicyclic amines) is 1. The third kappa shape index (κ3) is 4.81. The van der Waals surface area contributed by atoms with E-state index in [-0.39, 0.29) is 16.8 Å². The Morgan fingerprint density at radius 3 is 2.81 bits per heavy atom. The zero-order valence-corrected chi connectivity index (χ0v) is 16.3. The second kappa shape index (κ2) is 8.59.